The number of allylic oxidation sites excluding steroid dienone is 6. The summed E-state index contributed by atoms with van der Waals surface area (Å²) in [6.07, 6.45) is 5.33. The molecule has 0 unspecified atom stereocenters. The molecule has 1 aliphatic rings. The van der Waals surface area contributed by atoms with Gasteiger partial charge in [-0.1, -0.05) is 41.6 Å². The van der Waals surface area contributed by atoms with Gasteiger partial charge in [0.05, 0.1) is 5.57 Å². The molecule has 1 N–H and O–H groups in total. The Labute approximate surface area is 106 Å². The molecule has 1 aromatic carbocycles. The fourth-order valence-electron chi connectivity index (χ4n) is 1.82. The summed E-state index contributed by atoms with van der Waals surface area (Å²) in [6.45, 7) is 1.85. The molecule has 0 radical (unpaired) electrons. The second-order valence-electron chi connectivity index (χ2n) is 3.95. The van der Waals surface area contributed by atoms with Gasteiger partial charge < -0.3 is 5.21 Å². The van der Waals surface area contributed by atoms with Gasteiger partial charge >= 0.3 is 0 Å². The second-order valence-corrected chi connectivity index (χ2v) is 3.95. The average molecular weight is 236 g/mol. The fourth-order valence-corrected chi connectivity index (χ4v) is 1.82. The highest BCUT2D eigenvalue weighted by molar-refractivity contribution is 6.10. The van der Waals surface area contributed by atoms with E-state index in [1.165, 1.54) is 0 Å². The Balaban J connectivity index is 2.52. The molecule has 0 bridgehead atoms. The van der Waals surface area contributed by atoms with Gasteiger partial charge in [0.15, 0.2) is 0 Å². The van der Waals surface area contributed by atoms with Crippen LogP contribution in [0.1, 0.15) is 12.5 Å². The zero-order valence-corrected chi connectivity index (χ0v) is 9.96. The number of oxime groups is 1. The molecule has 2 rings (SSSR count). The summed E-state index contributed by atoms with van der Waals surface area (Å²) in [7, 11) is 0. The molecule has 0 atom stereocenters. The minimum Gasteiger partial charge on any atom is -0.410 e. The van der Waals surface area contributed by atoms with Gasteiger partial charge in [-0.3, -0.25) is 0 Å². The number of nitriles is 1. The lowest BCUT2D eigenvalue weighted by atomic mass is 9.94. The Morgan fingerprint density at radius 3 is 2.50 bits per heavy atom. The van der Waals surface area contributed by atoms with Crippen LogP contribution >= 0.6 is 0 Å². The van der Waals surface area contributed by atoms with Crippen molar-refractivity contribution in [3.8, 4) is 6.07 Å². The van der Waals surface area contributed by atoms with E-state index in [0.29, 0.717) is 11.3 Å². The van der Waals surface area contributed by atoms with Crippen LogP contribution in [0.5, 0.6) is 0 Å². The molecule has 0 saturated heterocycles. The standard InChI is InChI=1S/C15H12N2O/c1-11-9-13(7-8-15(11)17-18)14(10-16)12-5-3-2-4-6-12/h2-9,18H,1H3/b14-13?,17-15-. The SMILES string of the molecule is CC1=CC(=C(C#N)c2ccccc2)C=C/C1=N/O. The van der Waals surface area contributed by atoms with Crippen molar-refractivity contribution in [1.29, 1.82) is 5.26 Å². The number of nitrogens with zero attached hydrogens (tertiary/aromatic N) is 2. The van der Waals surface area contributed by atoms with Gasteiger partial charge in [0.25, 0.3) is 0 Å². The third-order valence-electron chi connectivity index (χ3n) is 2.77. The summed E-state index contributed by atoms with van der Waals surface area (Å²) >= 11 is 0. The first-order valence-corrected chi connectivity index (χ1v) is 5.55. The summed E-state index contributed by atoms with van der Waals surface area (Å²) in [6, 6.07) is 11.7. The summed E-state index contributed by atoms with van der Waals surface area (Å²) in [5.41, 5.74) is 3.67. The highest BCUT2D eigenvalue weighted by Gasteiger charge is 2.10. The Bertz CT molecular complexity index is 614. The maximum atomic E-state index is 9.29. The van der Waals surface area contributed by atoms with Crippen molar-refractivity contribution in [2.24, 2.45) is 5.16 Å². The minimum atomic E-state index is 0.518. The predicted octanol–water partition coefficient (Wildman–Crippen LogP) is 3.31. The van der Waals surface area contributed by atoms with Crippen LogP contribution in [-0.2, 0) is 0 Å². The number of rotatable bonds is 1. The van der Waals surface area contributed by atoms with Crippen LogP contribution in [-0.4, -0.2) is 10.9 Å². The lowest BCUT2D eigenvalue weighted by molar-refractivity contribution is 0.319. The van der Waals surface area contributed by atoms with E-state index >= 15 is 0 Å². The molecule has 3 heteroatoms. The molecule has 1 aliphatic carbocycles. The molecule has 0 saturated carbocycles. The molecule has 0 heterocycles. The molecular weight excluding hydrogens is 224 g/mol. The van der Waals surface area contributed by atoms with Gasteiger partial charge in [-0.2, -0.15) is 5.26 Å². The zero-order chi connectivity index (χ0) is 13.0. The van der Waals surface area contributed by atoms with E-state index in [1.54, 1.807) is 12.2 Å². The Kier molecular flexibility index (Phi) is 3.40. The summed E-state index contributed by atoms with van der Waals surface area (Å²) in [5.74, 6) is 0. The van der Waals surface area contributed by atoms with E-state index in [4.69, 9.17) is 5.21 Å². The largest absolute Gasteiger partial charge is 0.410 e. The number of hydrogen-bond donors (Lipinski definition) is 1. The van der Waals surface area contributed by atoms with Crippen LogP contribution in [0.4, 0.5) is 0 Å². The normalized spacial score (nSPS) is 19.3. The minimum absolute atomic E-state index is 0.518. The van der Waals surface area contributed by atoms with Crippen molar-refractivity contribution in [2.45, 2.75) is 6.92 Å². The predicted molar refractivity (Wildman–Crippen MR) is 71.1 cm³/mol. The molecule has 18 heavy (non-hydrogen) atoms. The lowest BCUT2D eigenvalue weighted by Gasteiger charge is -2.09. The number of hydrogen-bond acceptors (Lipinski definition) is 3. The third-order valence-corrected chi connectivity index (χ3v) is 2.77. The van der Waals surface area contributed by atoms with Gasteiger partial charge in [0.2, 0.25) is 0 Å². The maximum absolute atomic E-state index is 9.29. The fraction of sp³-hybridized carbons (Fsp3) is 0.0667. The molecule has 0 fully saturated rings. The maximum Gasteiger partial charge on any atom is 0.105 e. The number of benzene rings is 1. The van der Waals surface area contributed by atoms with Crippen LogP contribution < -0.4 is 0 Å². The molecule has 0 spiro atoms. The van der Waals surface area contributed by atoms with Crippen molar-refractivity contribution >= 4 is 11.3 Å². The van der Waals surface area contributed by atoms with Crippen molar-refractivity contribution < 1.29 is 5.21 Å². The van der Waals surface area contributed by atoms with E-state index in [-0.39, 0.29) is 0 Å². The Morgan fingerprint density at radius 2 is 1.94 bits per heavy atom. The topological polar surface area (TPSA) is 56.4 Å². The lowest BCUT2D eigenvalue weighted by Crippen LogP contribution is -2.01. The summed E-state index contributed by atoms with van der Waals surface area (Å²) < 4.78 is 0. The molecule has 88 valence electrons. The molecule has 3 nitrogen and oxygen atoms in total. The highest BCUT2D eigenvalue weighted by atomic mass is 16.4. The van der Waals surface area contributed by atoms with E-state index in [2.05, 4.69) is 11.2 Å². The van der Waals surface area contributed by atoms with E-state index in [1.807, 2.05) is 43.3 Å². The highest BCUT2D eigenvalue weighted by Crippen LogP contribution is 2.23. The quantitative estimate of drug-likeness (QED) is 0.462. The molecular formula is C15H12N2O. The monoisotopic (exact) mass is 236 g/mol. The van der Waals surface area contributed by atoms with Crippen molar-refractivity contribution in [2.75, 3.05) is 0 Å². The van der Waals surface area contributed by atoms with E-state index in [9.17, 15) is 5.26 Å². The first-order valence-electron chi connectivity index (χ1n) is 5.55. The van der Waals surface area contributed by atoms with Gasteiger partial charge in [-0.05, 0) is 35.8 Å². The van der Waals surface area contributed by atoms with Gasteiger partial charge in [0, 0.05) is 0 Å². The van der Waals surface area contributed by atoms with Gasteiger partial charge in [0.1, 0.15) is 11.8 Å². The molecule has 0 aromatic heterocycles. The van der Waals surface area contributed by atoms with E-state index in [0.717, 1.165) is 16.7 Å². The van der Waals surface area contributed by atoms with Gasteiger partial charge in [-0.15, -0.1) is 0 Å². The van der Waals surface area contributed by atoms with Crippen LogP contribution in [0, 0.1) is 11.3 Å². The first kappa shape index (κ1) is 11.9. The zero-order valence-electron chi connectivity index (χ0n) is 9.96. The molecule has 0 aliphatic heterocycles. The van der Waals surface area contributed by atoms with Crippen LogP contribution in [0.2, 0.25) is 0 Å². The van der Waals surface area contributed by atoms with Crippen LogP contribution in [0.15, 0.2) is 64.9 Å². The van der Waals surface area contributed by atoms with Gasteiger partial charge in [-0.25, -0.2) is 0 Å². The van der Waals surface area contributed by atoms with E-state index < -0.39 is 0 Å². The van der Waals surface area contributed by atoms with Crippen LogP contribution in [0.25, 0.3) is 5.57 Å². The van der Waals surface area contributed by atoms with Crippen molar-refractivity contribution in [3.63, 3.8) is 0 Å². The molecule has 0 amide bonds. The first-order chi connectivity index (χ1) is 8.76. The van der Waals surface area contributed by atoms with Crippen LogP contribution in [0.3, 0.4) is 0 Å². The second kappa shape index (κ2) is 5.15. The third kappa shape index (κ3) is 2.23. The van der Waals surface area contributed by atoms with Crippen molar-refractivity contribution in [1.82, 2.24) is 0 Å². The smallest absolute Gasteiger partial charge is 0.105 e. The summed E-state index contributed by atoms with van der Waals surface area (Å²) in [4.78, 5) is 0. The Morgan fingerprint density at radius 1 is 1.22 bits per heavy atom. The van der Waals surface area contributed by atoms with Crippen molar-refractivity contribution in [3.05, 3.63) is 65.3 Å². The molecule has 1 aromatic rings. The summed E-state index contributed by atoms with van der Waals surface area (Å²) in [5, 5.41) is 21.2. The average Bonchev–Trinajstić information content (AvgIpc) is 2.41. The Hall–Kier alpha value is -2.60.